The van der Waals surface area contributed by atoms with Crippen molar-refractivity contribution in [2.75, 3.05) is 22.8 Å². The normalized spacial score (nSPS) is 19.8. The molecule has 4 N–H and O–H groups in total. The zero-order chi connectivity index (χ0) is 18.6. The molecule has 26 heavy (non-hydrogen) atoms. The Bertz CT molecular complexity index is 770. The van der Waals surface area contributed by atoms with Crippen molar-refractivity contribution in [2.45, 2.75) is 38.8 Å². The van der Waals surface area contributed by atoms with Crippen LogP contribution in [0.3, 0.4) is 0 Å². The molecule has 8 nitrogen and oxygen atoms in total. The van der Waals surface area contributed by atoms with E-state index in [1.54, 1.807) is 0 Å². The number of carbonyl (C=O) groups is 2. The summed E-state index contributed by atoms with van der Waals surface area (Å²) >= 11 is 0. The summed E-state index contributed by atoms with van der Waals surface area (Å²) in [7, 11) is -3.54. The Hall–Kier alpha value is -1.84. The predicted octanol–water partition coefficient (Wildman–Crippen LogP) is 1.31. The van der Waals surface area contributed by atoms with Gasteiger partial charge in [-0.3, -0.25) is 14.3 Å². The molecule has 146 valence electrons. The van der Waals surface area contributed by atoms with E-state index in [-0.39, 0.29) is 47.6 Å². The van der Waals surface area contributed by atoms with Crippen LogP contribution in [0.1, 0.15) is 37.0 Å². The van der Waals surface area contributed by atoms with E-state index in [9.17, 15) is 18.0 Å². The van der Waals surface area contributed by atoms with Crippen molar-refractivity contribution in [2.24, 2.45) is 0 Å². The van der Waals surface area contributed by atoms with Gasteiger partial charge in [0.05, 0.1) is 17.5 Å². The van der Waals surface area contributed by atoms with Crippen molar-refractivity contribution >= 4 is 45.6 Å². The van der Waals surface area contributed by atoms with E-state index >= 15 is 0 Å². The maximum Gasteiger partial charge on any atom is 0.253 e. The Labute approximate surface area is 160 Å². The summed E-state index contributed by atoms with van der Waals surface area (Å²) < 4.78 is 25.5. The molecule has 1 saturated heterocycles. The highest BCUT2D eigenvalue weighted by atomic mass is 35.5. The monoisotopic (exact) mass is 404 g/mol. The summed E-state index contributed by atoms with van der Waals surface area (Å²) in [6.07, 6.45) is 2.82. The minimum atomic E-state index is -3.54. The summed E-state index contributed by atoms with van der Waals surface area (Å²) in [5, 5.41) is 8.83. The number of halogens is 1. The number of nitrogens with one attached hydrogen (secondary N) is 4. The van der Waals surface area contributed by atoms with Gasteiger partial charge in [-0.1, -0.05) is 0 Å². The summed E-state index contributed by atoms with van der Waals surface area (Å²) in [4.78, 5) is 24.0. The number of amides is 2. The van der Waals surface area contributed by atoms with Gasteiger partial charge in [0, 0.05) is 24.7 Å². The van der Waals surface area contributed by atoms with Gasteiger partial charge in [-0.05, 0) is 44.5 Å². The van der Waals surface area contributed by atoms with E-state index in [1.165, 1.54) is 25.1 Å². The van der Waals surface area contributed by atoms with Crippen molar-refractivity contribution in [3.8, 4) is 0 Å². The van der Waals surface area contributed by atoms with Crippen molar-refractivity contribution < 1.29 is 18.0 Å². The highest BCUT2D eigenvalue weighted by Crippen LogP contribution is 2.22. The molecule has 0 radical (unpaired) electrons. The first-order valence-corrected chi connectivity index (χ1v) is 9.98. The van der Waals surface area contributed by atoms with E-state index in [4.69, 9.17) is 0 Å². The number of carbonyl (C=O) groups excluding carboxylic acids is 2. The molecule has 1 fully saturated rings. The van der Waals surface area contributed by atoms with Crippen LogP contribution >= 0.6 is 12.4 Å². The van der Waals surface area contributed by atoms with Gasteiger partial charge in [0.1, 0.15) is 0 Å². The maximum atomic E-state index is 12.7. The molecule has 2 unspecified atom stereocenters. The molecule has 1 aliphatic heterocycles. The van der Waals surface area contributed by atoms with Crippen LogP contribution < -0.4 is 20.7 Å². The smallest absolute Gasteiger partial charge is 0.253 e. The zero-order valence-electron chi connectivity index (χ0n) is 15.0. The first-order chi connectivity index (χ1) is 11.7. The van der Waals surface area contributed by atoms with Crippen LogP contribution in [0.4, 0.5) is 11.4 Å². The Morgan fingerprint density at radius 1 is 1.27 bits per heavy atom. The van der Waals surface area contributed by atoms with E-state index in [1.807, 2.05) is 6.92 Å². The molecule has 10 heteroatoms. The number of piperidine rings is 1. The van der Waals surface area contributed by atoms with Crippen LogP contribution in [0.15, 0.2) is 18.2 Å². The summed E-state index contributed by atoms with van der Waals surface area (Å²) in [5.41, 5.74) is 0.756. The molecule has 1 aromatic rings. The van der Waals surface area contributed by atoms with Gasteiger partial charge in [0.25, 0.3) is 5.91 Å². The van der Waals surface area contributed by atoms with Crippen molar-refractivity contribution in [1.29, 1.82) is 0 Å². The second-order valence-electron chi connectivity index (χ2n) is 6.28. The standard InChI is InChI=1S/C16H24N4O4S.ClH/c1-10-14(5-4-8-17-10)19-16(22)13-9-12(18-11(2)21)6-7-15(13)20-25(3,23)24;/h6-7,9-10,14,17,20H,4-5,8H2,1-3H3,(H,18,21)(H,19,22);1H. The number of rotatable bonds is 5. The topological polar surface area (TPSA) is 116 Å². The lowest BCUT2D eigenvalue weighted by Crippen LogP contribution is -2.52. The minimum absolute atomic E-state index is 0. The molecule has 0 aromatic heterocycles. The second-order valence-corrected chi connectivity index (χ2v) is 8.03. The fraction of sp³-hybridized carbons (Fsp3) is 0.500. The molecule has 0 saturated carbocycles. The number of sulfonamides is 1. The average molecular weight is 405 g/mol. The quantitative estimate of drug-likeness (QED) is 0.590. The molecule has 0 aliphatic carbocycles. The zero-order valence-corrected chi connectivity index (χ0v) is 16.6. The van der Waals surface area contributed by atoms with Crippen molar-refractivity contribution in [3.63, 3.8) is 0 Å². The van der Waals surface area contributed by atoms with Gasteiger partial charge in [0.15, 0.2) is 0 Å². The molecule has 0 spiro atoms. The molecule has 2 amide bonds. The predicted molar refractivity (Wildman–Crippen MR) is 104 cm³/mol. The van der Waals surface area contributed by atoms with E-state index < -0.39 is 10.0 Å². The highest BCUT2D eigenvalue weighted by molar-refractivity contribution is 7.92. The van der Waals surface area contributed by atoms with E-state index in [0.29, 0.717) is 5.69 Å². The molecule has 1 aromatic carbocycles. The third-order valence-corrected chi connectivity index (χ3v) is 4.55. The largest absolute Gasteiger partial charge is 0.348 e. The van der Waals surface area contributed by atoms with Crippen LogP contribution in [-0.2, 0) is 14.8 Å². The molecule has 2 atom stereocenters. The highest BCUT2D eigenvalue weighted by Gasteiger charge is 2.24. The van der Waals surface area contributed by atoms with Crippen LogP contribution in [-0.4, -0.2) is 45.1 Å². The molecular weight excluding hydrogens is 380 g/mol. The number of hydrogen-bond donors (Lipinski definition) is 4. The van der Waals surface area contributed by atoms with E-state index in [2.05, 4.69) is 20.7 Å². The third kappa shape index (κ3) is 6.47. The lowest BCUT2D eigenvalue weighted by Gasteiger charge is -2.30. The Balaban J connectivity index is 0.00000338. The Morgan fingerprint density at radius 3 is 2.54 bits per heavy atom. The van der Waals surface area contributed by atoms with Gasteiger partial charge in [-0.15, -0.1) is 12.4 Å². The first-order valence-electron chi connectivity index (χ1n) is 8.09. The molecule has 2 rings (SSSR count). The second kappa shape index (κ2) is 9.20. The van der Waals surface area contributed by atoms with Crippen molar-refractivity contribution in [1.82, 2.24) is 10.6 Å². The van der Waals surface area contributed by atoms with Crippen LogP contribution in [0.2, 0.25) is 0 Å². The Morgan fingerprint density at radius 2 is 1.96 bits per heavy atom. The summed E-state index contributed by atoms with van der Waals surface area (Å²) in [6, 6.07) is 4.55. The first kappa shape index (κ1) is 22.2. The van der Waals surface area contributed by atoms with Crippen LogP contribution in [0, 0.1) is 0 Å². The SMILES string of the molecule is CC(=O)Nc1ccc(NS(C)(=O)=O)c(C(=O)NC2CCCNC2C)c1.Cl. The van der Waals surface area contributed by atoms with E-state index in [0.717, 1.165) is 25.6 Å². The van der Waals surface area contributed by atoms with Gasteiger partial charge >= 0.3 is 0 Å². The summed E-state index contributed by atoms with van der Waals surface area (Å²) in [6.45, 7) is 4.26. The minimum Gasteiger partial charge on any atom is -0.348 e. The third-order valence-electron chi connectivity index (χ3n) is 3.96. The number of hydrogen-bond acceptors (Lipinski definition) is 5. The fourth-order valence-corrected chi connectivity index (χ4v) is 3.37. The van der Waals surface area contributed by atoms with Crippen LogP contribution in [0.5, 0.6) is 0 Å². The van der Waals surface area contributed by atoms with Crippen molar-refractivity contribution in [3.05, 3.63) is 23.8 Å². The number of benzene rings is 1. The van der Waals surface area contributed by atoms with Gasteiger partial charge in [-0.2, -0.15) is 0 Å². The average Bonchev–Trinajstić information content (AvgIpc) is 2.49. The lowest BCUT2D eigenvalue weighted by molar-refractivity contribution is -0.114. The van der Waals surface area contributed by atoms with Gasteiger partial charge < -0.3 is 16.0 Å². The number of anilines is 2. The van der Waals surface area contributed by atoms with Gasteiger partial charge in [-0.25, -0.2) is 8.42 Å². The summed E-state index contributed by atoms with van der Waals surface area (Å²) in [5.74, 6) is -0.667. The van der Waals surface area contributed by atoms with Gasteiger partial charge in [0.2, 0.25) is 15.9 Å². The molecule has 1 heterocycles. The fourth-order valence-electron chi connectivity index (χ4n) is 2.79. The Kier molecular flexibility index (Phi) is 7.86. The molecule has 0 bridgehead atoms. The van der Waals surface area contributed by atoms with Crippen LogP contribution in [0.25, 0.3) is 0 Å². The molecular formula is C16H25ClN4O4S. The maximum absolute atomic E-state index is 12.7. The lowest BCUT2D eigenvalue weighted by atomic mass is 9.99. The molecule has 1 aliphatic rings.